The van der Waals surface area contributed by atoms with E-state index in [2.05, 4.69) is 20.5 Å². The van der Waals surface area contributed by atoms with Crippen LogP contribution in [0.3, 0.4) is 0 Å². The van der Waals surface area contributed by atoms with Crippen LogP contribution in [0.1, 0.15) is 53.6 Å². The van der Waals surface area contributed by atoms with E-state index in [1.54, 1.807) is 17.2 Å². The topological polar surface area (TPSA) is 147 Å². The number of fused-ring (bicyclic) bond motifs is 1. The first-order valence-corrected chi connectivity index (χ1v) is 13.0. The normalized spacial score (nSPS) is 14.0. The van der Waals surface area contributed by atoms with Crippen molar-refractivity contribution in [2.75, 3.05) is 36.4 Å². The molecule has 1 fully saturated rings. The monoisotopic (exact) mass is 582 g/mol. The number of nitrogens with one attached hydrogen (secondary N) is 1. The van der Waals surface area contributed by atoms with Gasteiger partial charge < -0.3 is 25.0 Å². The third-order valence-electron chi connectivity index (χ3n) is 6.43. The summed E-state index contributed by atoms with van der Waals surface area (Å²) in [4.78, 5) is 44.9. The second-order valence-electron chi connectivity index (χ2n) is 10.5. The molecular weight excluding hydrogens is 554 g/mol. The number of hydrogen-bond donors (Lipinski definition) is 2. The lowest BCUT2D eigenvalue weighted by molar-refractivity contribution is 0.0240. The molecule has 15 heteroatoms. The minimum Gasteiger partial charge on any atom is -0.478 e. The molecule has 13 nitrogen and oxygen atoms in total. The van der Waals surface area contributed by atoms with Gasteiger partial charge in [-0.15, -0.1) is 0 Å². The van der Waals surface area contributed by atoms with Crippen molar-refractivity contribution >= 4 is 35.1 Å². The molecule has 220 valence electrons. The number of rotatable bonds is 6. The van der Waals surface area contributed by atoms with Gasteiger partial charge in [-0.25, -0.2) is 32.6 Å². The van der Waals surface area contributed by atoms with Crippen LogP contribution in [0.4, 0.5) is 25.1 Å². The Labute approximate surface area is 238 Å². The van der Waals surface area contributed by atoms with Gasteiger partial charge in [0.25, 0.3) is 12.3 Å². The number of piperazine rings is 1. The Morgan fingerprint density at radius 2 is 1.74 bits per heavy atom. The lowest BCUT2D eigenvalue weighted by Gasteiger charge is -2.36. The molecule has 0 radical (unpaired) electrons. The zero-order valence-corrected chi connectivity index (χ0v) is 23.0. The molecule has 0 saturated carbocycles. The molecule has 0 unspecified atom stereocenters. The summed E-state index contributed by atoms with van der Waals surface area (Å²) in [7, 11) is 0. The number of ether oxygens (including phenoxy) is 1. The first-order chi connectivity index (χ1) is 19.9. The fourth-order valence-corrected chi connectivity index (χ4v) is 4.36. The summed E-state index contributed by atoms with van der Waals surface area (Å²) in [5, 5.41) is 19.6. The highest BCUT2D eigenvalue weighted by Crippen LogP contribution is 2.28. The van der Waals surface area contributed by atoms with Crippen molar-refractivity contribution in [3.8, 4) is 5.69 Å². The predicted molar refractivity (Wildman–Crippen MR) is 146 cm³/mol. The lowest BCUT2D eigenvalue weighted by atomic mass is 10.2. The number of benzene rings is 1. The highest BCUT2D eigenvalue weighted by molar-refractivity contribution is 6.08. The number of carbonyl (C=O) groups excluding carboxylic acids is 2. The molecule has 4 aromatic rings. The Kier molecular flexibility index (Phi) is 7.49. The molecule has 1 aliphatic rings. The SMILES string of the molecule is CC(C)(C)OC(=O)N1CCN(c2ccn3ncc(C(=O)Nc4cn(-c5ccc(C(=O)O)cc5)nc4C(F)F)c3n2)CC1. The van der Waals surface area contributed by atoms with Crippen LogP contribution in [-0.2, 0) is 4.74 Å². The Morgan fingerprint density at radius 1 is 1.05 bits per heavy atom. The summed E-state index contributed by atoms with van der Waals surface area (Å²) in [5.74, 6) is -1.28. The zero-order chi connectivity index (χ0) is 30.2. The molecular formula is C27H28F2N8O5. The van der Waals surface area contributed by atoms with Gasteiger partial charge in [-0.2, -0.15) is 10.2 Å². The number of amides is 2. The molecule has 4 heterocycles. The largest absolute Gasteiger partial charge is 0.478 e. The third-order valence-corrected chi connectivity index (χ3v) is 6.43. The van der Waals surface area contributed by atoms with E-state index in [0.29, 0.717) is 37.7 Å². The molecule has 0 bridgehead atoms. The number of aromatic carboxylic acids is 1. The summed E-state index contributed by atoms with van der Waals surface area (Å²) < 4.78 is 35.6. The van der Waals surface area contributed by atoms with Crippen molar-refractivity contribution in [1.82, 2.24) is 29.3 Å². The number of carbonyl (C=O) groups is 3. The van der Waals surface area contributed by atoms with Crippen LogP contribution in [0, 0.1) is 0 Å². The fourth-order valence-electron chi connectivity index (χ4n) is 4.36. The number of carboxylic acids is 1. The highest BCUT2D eigenvalue weighted by atomic mass is 19.3. The second kappa shape index (κ2) is 11.1. The number of carboxylic acid groups (broad SMARTS) is 1. The van der Waals surface area contributed by atoms with Gasteiger partial charge in [0.2, 0.25) is 0 Å². The Hall–Kier alpha value is -5.08. The maximum Gasteiger partial charge on any atom is 0.410 e. The molecule has 2 amide bonds. The van der Waals surface area contributed by atoms with Crippen LogP contribution in [0.25, 0.3) is 11.3 Å². The maximum absolute atomic E-state index is 13.8. The number of alkyl halides is 2. The van der Waals surface area contributed by atoms with E-state index in [-0.39, 0.29) is 28.6 Å². The van der Waals surface area contributed by atoms with Gasteiger partial charge >= 0.3 is 12.1 Å². The molecule has 1 aliphatic heterocycles. The van der Waals surface area contributed by atoms with E-state index in [1.165, 1.54) is 41.2 Å². The zero-order valence-electron chi connectivity index (χ0n) is 23.0. The summed E-state index contributed by atoms with van der Waals surface area (Å²) in [6.45, 7) is 7.25. The number of hydrogen-bond acceptors (Lipinski definition) is 8. The summed E-state index contributed by atoms with van der Waals surface area (Å²) in [6.07, 6.45) is 0.776. The predicted octanol–water partition coefficient (Wildman–Crippen LogP) is 3.86. The van der Waals surface area contributed by atoms with E-state index in [9.17, 15) is 23.2 Å². The molecule has 42 heavy (non-hydrogen) atoms. The van der Waals surface area contributed by atoms with Crippen LogP contribution in [0.5, 0.6) is 0 Å². The van der Waals surface area contributed by atoms with Crippen molar-refractivity contribution in [3.63, 3.8) is 0 Å². The molecule has 2 N–H and O–H groups in total. The van der Waals surface area contributed by atoms with E-state index in [4.69, 9.17) is 9.84 Å². The van der Waals surface area contributed by atoms with Gasteiger partial charge in [0, 0.05) is 32.4 Å². The average Bonchev–Trinajstić information content (AvgIpc) is 3.56. The van der Waals surface area contributed by atoms with Crippen molar-refractivity contribution in [2.24, 2.45) is 0 Å². The maximum atomic E-state index is 13.8. The number of nitrogens with zero attached hydrogens (tertiary/aromatic N) is 7. The van der Waals surface area contributed by atoms with Gasteiger partial charge in [-0.1, -0.05) is 0 Å². The standard InChI is InChI=1S/C27H28F2N8O5/c1-27(2,3)42-26(41)35-12-10-34(11-13-35)20-8-9-36-23(32-20)18(14-30-36)24(38)31-19-15-37(33-21(19)22(28)29)17-6-4-16(5-7-17)25(39)40/h4-9,14-15,22H,10-13H2,1-3H3,(H,31,38)(H,39,40). The number of halogens is 2. The van der Waals surface area contributed by atoms with E-state index >= 15 is 0 Å². The lowest BCUT2D eigenvalue weighted by Crippen LogP contribution is -2.50. The van der Waals surface area contributed by atoms with Gasteiger partial charge in [-0.05, 0) is 51.1 Å². The fraction of sp³-hybridized carbons (Fsp3) is 0.333. The minimum absolute atomic E-state index is 0.0263. The third kappa shape index (κ3) is 5.99. The van der Waals surface area contributed by atoms with Crippen molar-refractivity contribution < 1.29 is 33.0 Å². The molecule has 1 aromatic carbocycles. The van der Waals surface area contributed by atoms with Crippen LogP contribution in [0.15, 0.2) is 48.9 Å². The van der Waals surface area contributed by atoms with Gasteiger partial charge in [0.05, 0.1) is 29.3 Å². The molecule has 1 saturated heterocycles. The van der Waals surface area contributed by atoms with Crippen molar-refractivity contribution in [1.29, 1.82) is 0 Å². The Balaban J connectivity index is 1.33. The quantitative estimate of drug-likeness (QED) is 0.346. The second-order valence-corrected chi connectivity index (χ2v) is 10.5. The van der Waals surface area contributed by atoms with Gasteiger partial charge in [-0.3, -0.25) is 4.79 Å². The summed E-state index contributed by atoms with van der Waals surface area (Å²) >= 11 is 0. The van der Waals surface area contributed by atoms with Gasteiger partial charge in [0.1, 0.15) is 17.0 Å². The molecule has 3 aromatic heterocycles. The van der Waals surface area contributed by atoms with E-state index in [0.717, 1.165) is 4.68 Å². The molecule has 5 rings (SSSR count). The van der Waals surface area contributed by atoms with E-state index < -0.39 is 29.6 Å². The van der Waals surface area contributed by atoms with Crippen LogP contribution in [-0.4, -0.2) is 84.1 Å². The first kappa shape index (κ1) is 28.4. The summed E-state index contributed by atoms with van der Waals surface area (Å²) in [5.41, 5.74) is -0.834. The van der Waals surface area contributed by atoms with Gasteiger partial charge in [0.15, 0.2) is 11.3 Å². The van der Waals surface area contributed by atoms with E-state index in [1.807, 2.05) is 25.7 Å². The van der Waals surface area contributed by atoms with Crippen molar-refractivity contribution in [3.05, 3.63) is 65.7 Å². The molecule has 0 atom stereocenters. The van der Waals surface area contributed by atoms with Crippen LogP contribution in [0.2, 0.25) is 0 Å². The Morgan fingerprint density at radius 3 is 2.36 bits per heavy atom. The van der Waals surface area contributed by atoms with Crippen LogP contribution < -0.4 is 10.2 Å². The first-order valence-electron chi connectivity index (χ1n) is 13.0. The number of anilines is 2. The molecule has 0 aliphatic carbocycles. The summed E-state index contributed by atoms with van der Waals surface area (Å²) in [6, 6.07) is 7.21. The Bertz CT molecular complexity index is 1640. The smallest absolute Gasteiger partial charge is 0.410 e. The van der Waals surface area contributed by atoms with Crippen LogP contribution >= 0.6 is 0 Å². The number of aromatic nitrogens is 5. The highest BCUT2D eigenvalue weighted by Gasteiger charge is 2.27. The minimum atomic E-state index is -2.99. The van der Waals surface area contributed by atoms with Crippen molar-refractivity contribution in [2.45, 2.75) is 32.8 Å². The molecule has 0 spiro atoms. The average molecular weight is 583 g/mol.